The molecule has 0 aromatic heterocycles. The van der Waals surface area contributed by atoms with Crippen LogP contribution in [-0.4, -0.2) is 29.6 Å². The quantitative estimate of drug-likeness (QED) is 0.647. The van der Waals surface area contributed by atoms with Crippen molar-refractivity contribution in [2.75, 3.05) is 6.54 Å². The number of hydrogen-bond acceptors (Lipinski definition) is 3. The topological polar surface area (TPSA) is 75.6 Å². The van der Waals surface area contributed by atoms with Crippen molar-refractivity contribution in [3.63, 3.8) is 0 Å². The van der Waals surface area contributed by atoms with Gasteiger partial charge < -0.3 is 15.2 Å². The fraction of sp³-hybridized carbons (Fsp3) is 0.500. The number of carbonyl (C=O) groups is 2. The van der Waals surface area contributed by atoms with Gasteiger partial charge in [-0.3, -0.25) is 9.59 Å². The molecule has 0 aliphatic rings. The van der Waals surface area contributed by atoms with Crippen molar-refractivity contribution in [2.45, 2.75) is 45.1 Å². The van der Waals surface area contributed by atoms with Crippen LogP contribution in [0.3, 0.4) is 0 Å². The molecule has 1 aromatic rings. The molecular formula is C16H21F2NO4. The average Bonchev–Trinajstić information content (AvgIpc) is 2.49. The van der Waals surface area contributed by atoms with Gasteiger partial charge in [-0.05, 0) is 31.9 Å². The number of hydrogen-bond donors (Lipinski definition) is 2. The average molecular weight is 329 g/mol. The van der Waals surface area contributed by atoms with Crippen molar-refractivity contribution in [3.8, 4) is 5.75 Å². The molecule has 5 nitrogen and oxygen atoms in total. The van der Waals surface area contributed by atoms with E-state index in [9.17, 15) is 18.4 Å². The molecule has 1 aromatic carbocycles. The van der Waals surface area contributed by atoms with Crippen LogP contribution in [-0.2, 0) is 9.59 Å². The molecule has 1 atom stereocenters. The lowest BCUT2D eigenvalue weighted by molar-refractivity contribution is -0.137. The van der Waals surface area contributed by atoms with Gasteiger partial charge in [0, 0.05) is 19.0 Å². The van der Waals surface area contributed by atoms with Gasteiger partial charge in [-0.25, -0.2) is 8.78 Å². The van der Waals surface area contributed by atoms with Crippen LogP contribution in [0.25, 0.3) is 0 Å². The Kier molecular flexibility index (Phi) is 8.01. The lowest BCUT2D eigenvalue weighted by Crippen LogP contribution is -2.36. The lowest BCUT2D eigenvalue weighted by Gasteiger charge is -2.14. The molecule has 1 amide bonds. The van der Waals surface area contributed by atoms with Gasteiger partial charge in [0.1, 0.15) is 5.75 Å². The highest BCUT2D eigenvalue weighted by Crippen LogP contribution is 2.16. The summed E-state index contributed by atoms with van der Waals surface area (Å²) < 4.78 is 31.1. The van der Waals surface area contributed by atoms with Crippen LogP contribution in [0, 0.1) is 11.6 Å². The second-order valence-electron chi connectivity index (χ2n) is 5.18. The molecule has 128 valence electrons. The van der Waals surface area contributed by atoms with E-state index in [0.717, 1.165) is 31.4 Å². The fourth-order valence-corrected chi connectivity index (χ4v) is 1.92. The minimum absolute atomic E-state index is 0.0835. The summed E-state index contributed by atoms with van der Waals surface area (Å²) in [6.07, 6.45) is 2.31. The molecule has 0 heterocycles. The summed E-state index contributed by atoms with van der Waals surface area (Å²) in [4.78, 5) is 22.1. The zero-order chi connectivity index (χ0) is 17.2. The molecule has 0 aliphatic carbocycles. The molecule has 0 spiro atoms. The Labute approximate surface area is 133 Å². The molecule has 23 heavy (non-hydrogen) atoms. The van der Waals surface area contributed by atoms with Gasteiger partial charge >= 0.3 is 5.97 Å². The van der Waals surface area contributed by atoms with Crippen molar-refractivity contribution < 1.29 is 28.2 Å². The number of carbonyl (C=O) groups excluding carboxylic acids is 1. The van der Waals surface area contributed by atoms with Crippen LogP contribution in [0.4, 0.5) is 8.78 Å². The Hall–Kier alpha value is -2.18. The monoisotopic (exact) mass is 329 g/mol. The van der Waals surface area contributed by atoms with Gasteiger partial charge in [0.05, 0.1) is 0 Å². The predicted molar refractivity (Wildman–Crippen MR) is 80.2 cm³/mol. The fourth-order valence-electron chi connectivity index (χ4n) is 1.92. The van der Waals surface area contributed by atoms with E-state index in [1.165, 1.54) is 13.0 Å². The number of carboxylic acid groups (broad SMARTS) is 1. The number of halogens is 2. The van der Waals surface area contributed by atoms with Crippen LogP contribution in [0.5, 0.6) is 5.75 Å². The second-order valence-corrected chi connectivity index (χ2v) is 5.18. The number of rotatable bonds is 10. The Morgan fingerprint density at radius 3 is 2.52 bits per heavy atom. The molecular weight excluding hydrogens is 308 g/mol. The standard InChI is InChI=1S/C16H21F2NO4/c1-11(23-12-7-8-13(17)14(18)10-12)16(22)19-9-5-3-2-4-6-15(20)21/h7-8,10-11H,2-6,9H2,1H3,(H,19,22)(H,20,21). The highest BCUT2D eigenvalue weighted by atomic mass is 19.2. The van der Waals surface area contributed by atoms with E-state index in [1.54, 1.807) is 0 Å². The van der Waals surface area contributed by atoms with E-state index < -0.39 is 23.7 Å². The van der Waals surface area contributed by atoms with E-state index in [0.29, 0.717) is 13.0 Å². The highest BCUT2D eigenvalue weighted by molar-refractivity contribution is 5.80. The van der Waals surface area contributed by atoms with Crippen molar-refractivity contribution in [1.29, 1.82) is 0 Å². The van der Waals surface area contributed by atoms with E-state index in [2.05, 4.69) is 5.32 Å². The maximum absolute atomic E-state index is 13.0. The van der Waals surface area contributed by atoms with Crippen molar-refractivity contribution in [2.24, 2.45) is 0 Å². The molecule has 1 rings (SSSR count). The second kappa shape index (κ2) is 9.76. The largest absolute Gasteiger partial charge is 0.481 e. The summed E-state index contributed by atoms with van der Waals surface area (Å²) in [7, 11) is 0. The van der Waals surface area contributed by atoms with Crippen LogP contribution >= 0.6 is 0 Å². The number of carboxylic acids is 1. The Morgan fingerprint density at radius 1 is 1.17 bits per heavy atom. The highest BCUT2D eigenvalue weighted by Gasteiger charge is 2.15. The summed E-state index contributed by atoms with van der Waals surface area (Å²) in [6.45, 7) is 1.97. The molecule has 0 radical (unpaired) electrons. The zero-order valence-corrected chi connectivity index (χ0v) is 13.0. The molecule has 1 unspecified atom stereocenters. The van der Waals surface area contributed by atoms with Gasteiger partial charge in [-0.2, -0.15) is 0 Å². The van der Waals surface area contributed by atoms with E-state index in [4.69, 9.17) is 9.84 Å². The van der Waals surface area contributed by atoms with Gasteiger partial charge in [0.2, 0.25) is 0 Å². The maximum Gasteiger partial charge on any atom is 0.303 e. The number of amides is 1. The molecule has 7 heteroatoms. The number of benzene rings is 1. The number of aliphatic carboxylic acids is 1. The van der Waals surface area contributed by atoms with Crippen LogP contribution < -0.4 is 10.1 Å². The first-order chi connectivity index (χ1) is 10.9. The normalized spacial score (nSPS) is 11.8. The van der Waals surface area contributed by atoms with Crippen LogP contribution in [0.15, 0.2) is 18.2 Å². The first-order valence-electron chi connectivity index (χ1n) is 7.51. The third-order valence-electron chi connectivity index (χ3n) is 3.19. The Balaban J connectivity index is 2.21. The molecule has 0 bridgehead atoms. The number of nitrogens with one attached hydrogen (secondary N) is 1. The number of unbranched alkanes of at least 4 members (excludes halogenated alkanes) is 3. The molecule has 0 saturated carbocycles. The van der Waals surface area contributed by atoms with Crippen molar-refractivity contribution in [3.05, 3.63) is 29.8 Å². The van der Waals surface area contributed by atoms with E-state index >= 15 is 0 Å². The van der Waals surface area contributed by atoms with Gasteiger partial charge in [-0.15, -0.1) is 0 Å². The summed E-state index contributed by atoms with van der Waals surface area (Å²) in [5.74, 6) is -3.07. The third-order valence-corrected chi connectivity index (χ3v) is 3.19. The number of ether oxygens (including phenoxy) is 1. The Bertz CT molecular complexity index is 537. The molecule has 2 N–H and O–H groups in total. The minimum Gasteiger partial charge on any atom is -0.481 e. The van der Waals surface area contributed by atoms with E-state index in [-0.39, 0.29) is 18.1 Å². The molecule has 0 fully saturated rings. The predicted octanol–water partition coefficient (Wildman–Crippen LogP) is 2.88. The maximum atomic E-state index is 13.0. The summed E-state index contributed by atoms with van der Waals surface area (Å²) in [5.41, 5.74) is 0. The summed E-state index contributed by atoms with van der Waals surface area (Å²) in [5, 5.41) is 11.2. The smallest absolute Gasteiger partial charge is 0.303 e. The van der Waals surface area contributed by atoms with Crippen molar-refractivity contribution >= 4 is 11.9 Å². The van der Waals surface area contributed by atoms with E-state index in [1.807, 2.05) is 0 Å². The van der Waals surface area contributed by atoms with Crippen molar-refractivity contribution in [1.82, 2.24) is 5.32 Å². The van der Waals surface area contributed by atoms with Crippen LogP contribution in [0.1, 0.15) is 39.0 Å². The summed E-state index contributed by atoms with van der Waals surface area (Å²) >= 11 is 0. The van der Waals surface area contributed by atoms with Gasteiger partial charge in [-0.1, -0.05) is 12.8 Å². The third kappa shape index (κ3) is 7.58. The van der Waals surface area contributed by atoms with Gasteiger partial charge in [0.15, 0.2) is 17.7 Å². The SMILES string of the molecule is CC(Oc1ccc(F)c(F)c1)C(=O)NCCCCCCC(=O)O. The Morgan fingerprint density at radius 2 is 1.87 bits per heavy atom. The zero-order valence-electron chi connectivity index (χ0n) is 13.0. The molecule has 0 saturated heterocycles. The summed E-state index contributed by atoms with van der Waals surface area (Å²) in [6, 6.07) is 3.08. The first kappa shape index (κ1) is 18.9. The first-order valence-corrected chi connectivity index (χ1v) is 7.51. The van der Waals surface area contributed by atoms with Gasteiger partial charge in [0.25, 0.3) is 5.91 Å². The van der Waals surface area contributed by atoms with Crippen LogP contribution in [0.2, 0.25) is 0 Å². The molecule has 0 aliphatic heterocycles. The minimum atomic E-state index is -1.03. The lowest BCUT2D eigenvalue weighted by atomic mass is 10.1.